The summed E-state index contributed by atoms with van der Waals surface area (Å²) < 4.78 is 32.6. The Bertz CT molecular complexity index is 866. The standard InChI is InChI=1S/C39H74NO8P/c1-3-5-7-9-11-13-14-15-16-17-18-19-20-21-22-24-25-27-29-31-38(41)45-35-37(36-47-49(43,44)46-34-33-40)48-39(42)32-30-28-26-23-12-10-8-6-4-2/h11,13,15-16,37H,3-10,12,14,17-36,40H2,1-2H3,(H,43,44)/b13-11-,16-15-/t37-/m1/s1. The first-order chi connectivity index (χ1) is 23.8. The predicted molar refractivity (Wildman–Crippen MR) is 201 cm³/mol. The largest absolute Gasteiger partial charge is 0.472 e. The number of carbonyl (C=O) groups is 2. The van der Waals surface area contributed by atoms with Crippen LogP contribution in [0.4, 0.5) is 0 Å². The van der Waals surface area contributed by atoms with Crippen molar-refractivity contribution >= 4 is 19.8 Å². The van der Waals surface area contributed by atoms with Crippen LogP contribution >= 0.6 is 7.82 Å². The maximum atomic E-state index is 12.5. The molecule has 0 aromatic rings. The van der Waals surface area contributed by atoms with Crippen molar-refractivity contribution in [3.05, 3.63) is 24.3 Å². The lowest BCUT2D eigenvalue weighted by atomic mass is 10.1. The zero-order valence-corrected chi connectivity index (χ0v) is 32.3. The van der Waals surface area contributed by atoms with Crippen LogP contribution in [-0.2, 0) is 32.7 Å². The topological polar surface area (TPSA) is 134 Å². The quantitative estimate of drug-likeness (QED) is 0.0279. The van der Waals surface area contributed by atoms with E-state index in [9.17, 15) is 19.0 Å². The third-order valence-corrected chi connectivity index (χ3v) is 9.32. The summed E-state index contributed by atoms with van der Waals surface area (Å²) in [5.41, 5.74) is 5.33. The molecule has 0 radical (unpaired) electrons. The first-order valence-corrected chi connectivity index (χ1v) is 21.3. The summed E-state index contributed by atoms with van der Waals surface area (Å²) in [5.74, 6) is -0.833. The molecule has 0 fully saturated rings. The van der Waals surface area contributed by atoms with Gasteiger partial charge >= 0.3 is 19.8 Å². The second kappa shape index (κ2) is 36.3. The normalized spacial score (nSPS) is 13.6. The molecular weight excluding hydrogens is 641 g/mol. The van der Waals surface area contributed by atoms with Crippen molar-refractivity contribution < 1.29 is 37.6 Å². The van der Waals surface area contributed by atoms with Gasteiger partial charge < -0.3 is 20.1 Å². The Hall–Kier alpha value is -1.51. The number of phosphoric acid groups is 1. The fraction of sp³-hybridized carbons (Fsp3) is 0.846. The first-order valence-electron chi connectivity index (χ1n) is 19.8. The number of rotatable bonds is 37. The Morgan fingerprint density at radius 2 is 1.06 bits per heavy atom. The predicted octanol–water partition coefficient (Wildman–Crippen LogP) is 10.8. The van der Waals surface area contributed by atoms with Gasteiger partial charge in [-0.25, -0.2) is 4.57 Å². The highest BCUT2D eigenvalue weighted by Gasteiger charge is 2.25. The fourth-order valence-corrected chi connectivity index (χ4v) is 6.13. The lowest BCUT2D eigenvalue weighted by molar-refractivity contribution is -0.161. The van der Waals surface area contributed by atoms with Crippen molar-refractivity contribution in [1.82, 2.24) is 0 Å². The van der Waals surface area contributed by atoms with E-state index in [1.807, 2.05) is 0 Å². The van der Waals surface area contributed by atoms with Gasteiger partial charge in [-0.05, 0) is 44.9 Å². The molecule has 1 unspecified atom stereocenters. The van der Waals surface area contributed by atoms with Crippen LogP contribution in [0.25, 0.3) is 0 Å². The van der Waals surface area contributed by atoms with Crippen LogP contribution < -0.4 is 5.73 Å². The molecule has 0 saturated heterocycles. The summed E-state index contributed by atoms with van der Waals surface area (Å²) in [7, 11) is -4.36. The van der Waals surface area contributed by atoms with Gasteiger partial charge in [-0.15, -0.1) is 0 Å². The Kier molecular flexibility index (Phi) is 35.2. The molecule has 0 aliphatic carbocycles. The maximum Gasteiger partial charge on any atom is 0.472 e. The van der Waals surface area contributed by atoms with Crippen LogP contribution in [0.15, 0.2) is 24.3 Å². The van der Waals surface area contributed by atoms with E-state index in [2.05, 4.69) is 38.2 Å². The molecule has 0 heterocycles. The number of carbonyl (C=O) groups excluding carboxylic acids is 2. The zero-order valence-electron chi connectivity index (χ0n) is 31.4. The summed E-state index contributed by atoms with van der Waals surface area (Å²) in [5, 5.41) is 0. The maximum absolute atomic E-state index is 12.5. The Balaban J connectivity index is 4.10. The van der Waals surface area contributed by atoms with E-state index in [4.69, 9.17) is 24.3 Å². The average Bonchev–Trinajstić information content (AvgIpc) is 3.08. The van der Waals surface area contributed by atoms with Crippen molar-refractivity contribution in [3.63, 3.8) is 0 Å². The molecule has 0 aliphatic heterocycles. The highest BCUT2D eigenvalue weighted by atomic mass is 31.2. The van der Waals surface area contributed by atoms with Gasteiger partial charge in [0.2, 0.25) is 0 Å². The molecule has 0 aliphatic rings. The van der Waals surface area contributed by atoms with Crippen molar-refractivity contribution in [3.8, 4) is 0 Å². The number of esters is 2. The number of hydrogen-bond donors (Lipinski definition) is 2. The SMILES string of the molecule is CCCCC/C=C\C/C=C\CCCCCCCCCCCC(=O)OC[C@H](COP(=O)(O)OCCN)OC(=O)CCCCCCCCCCC. The van der Waals surface area contributed by atoms with Gasteiger partial charge in [-0.2, -0.15) is 0 Å². The molecule has 0 aromatic heterocycles. The minimum Gasteiger partial charge on any atom is -0.462 e. The smallest absolute Gasteiger partial charge is 0.462 e. The summed E-state index contributed by atoms with van der Waals surface area (Å²) in [4.78, 5) is 34.6. The van der Waals surface area contributed by atoms with E-state index in [0.29, 0.717) is 6.42 Å². The van der Waals surface area contributed by atoms with E-state index in [1.54, 1.807) is 0 Å². The molecule has 0 bridgehead atoms. The van der Waals surface area contributed by atoms with E-state index in [0.717, 1.165) is 44.9 Å². The average molecular weight is 716 g/mol. The summed E-state index contributed by atoms with van der Waals surface area (Å²) in [6, 6.07) is 0. The Morgan fingerprint density at radius 3 is 1.59 bits per heavy atom. The second-order valence-electron chi connectivity index (χ2n) is 13.2. The number of unbranched alkanes of at least 4 members (excludes halogenated alkanes) is 20. The highest BCUT2D eigenvalue weighted by Crippen LogP contribution is 2.43. The zero-order chi connectivity index (χ0) is 36.1. The van der Waals surface area contributed by atoms with Crippen LogP contribution in [0.5, 0.6) is 0 Å². The van der Waals surface area contributed by atoms with Crippen LogP contribution in [0, 0.1) is 0 Å². The van der Waals surface area contributed by atoms with Crippen LogP contribution in [0.3, 0.4) is 0 Å². The van der Waals surface area contributed by atoms with Gasteiger partial charge in [-0.1, -0.05) is 147 Å². The number of hydrogen-bond acceptors (Lipinski definition) is 8. The van der Waals surface area contributed by atoms with Gasteiger partial charge in [0.1, 0.15) is 6.61 Å². The number of ether oxygens (including phenoxy) is 2. The minimum absolute atomic E-state index is 0.0542. The van der Waals surface area contributed by atoms with Crippen molar-refractivity contribution in [2.75, 3.05) is 26.4 Å². The fourth-order valence-electron chi connectivity index (χ4n) is 5.37. The molecule has 0 aromatic carbocycles. The summed E-state index contributed by atoms with van der Waals surface area (Å²) >= 11 is 0. The van der Waals surface area contributed by atoms with Gasteiger partial charge in [-0.3, -0.25) is 18.6 Å². The van der Waals surface area contributed by atoms with E-state index in [1.165, 1.54) is 103 Å². The number of allylic oxidation sites excluding steroid dienone is 4. The van der Waals surface area contributed by atoms with Gasteiger partial charge in [0.25, 0.3) is 0 Å². The van der Waals surface area contributed by atoms with Gasteiger partial charge in [0, 0.05) is 19.4 Å². The second-order valence-corrected chi connectivity index (χ2v) is 14.6. The van der Waals surface area contributed by atoms with E-state index < -0.39 is 26.5 Å². The van der Waals surface area contributed by atoms with Crippen molar-refractivity contribution in [1.29, 1.82) is 0 Å². The molecule has 3 N–H and O–H groups in total. The minimum atomic E-state index is -4.36. The molecule has 0 amide bonds. The van der Waals surface area contributed by atoms with E-state index >= 15 is 0 Å². The molecule has 0 spiro atoms. The third kappa shape index (κ3) is 36.1. The Labute approximate surface area is 300 Å². The van der Waals surface area contributed by atoms with Crippen molar-refractivity contribution in [2.45, 2.75) is 187 Å². The molecule has 10 heteroatoms. The summed E-state index contributed by atoms with van der Waals surface area (Å²) in [6.45, 7) is 3.68. The van der Waals surface area contributed by atoms with Crippen LogP contribution in [-0.4, -0.2) is 49.3 Å². The molecule has 2 atom stereocenters. The van der Waals surface area contributed by atoms with Crippen molar-refractivity contribution in [2.24, 2.45) is 5.73 Å². The van der Waals surface area contributed by atoms with Crippen LogP contribution in [0.1, 0.15) is 181 Å². The lowest BCUT2D eigenvalue weighted by Gasteiger charge is -2.19. The van der Waals surface area contributed by atoms with Gasteiger partial charge in [0.15, 0.2) is 6.10 Å². The molecule has 49 heavy (non-hydrogen) atoms. The molecule has 0 rings (SSSR count). The molecular formula is C39H74NO8P. The highest BCUT2D eigenvalue weighted by molar-refractivity contribution is 7.47. The van der Waals surface area contributed by atoms with E-state index in [-0.39, 0.29) is 38.6 Å². The number of nitrogens with two attached hydrogens (primary N) is 1. The molecule has 0 saturated carbocycles. The lowest BCUT2D eigenvalue weighted by Crippen LogP contribution is -2.29. The summed E-state index contributed by atoms with van der Waals surface area (Å²) in [6.07, 6.45) is 36.4. The third-order valence-electron chi connectivity index (χ3n) is 8.34. The monoisotopic (exact) mass is 716 g/mol. The molecule has 288 valence electrons. The Morgan fingerprint density at radius 1 is 0.612 bits per heavy atom. The van der Waals surface area contributed by atoms with Crippen LogP contribution in [0.2, 0.25) is 0 Å². The first kappa shape index (κ1) is 47.5. The molecule has 9 nitrogen and oxygen atoms in total. The number of phosphoric ester groups is 1. The van der Waals surface area contributed by atoms with Gasteiger partial charge in [0.05, 0.1) is 13.2 Å².